The van der Waals surface area contributed by atoms with Gasteiger partial charge in [0.1, 0.15) is 5.82 Å². The molecule has 1 aromatic carbocycles. The average molecular weight is 346 g/mol. The number of benzene rings is 1. The summed E-state index contributed by atoms with van der Waals surface area (Å²) in [5.41, 5.74) is 0.268. The first-order valence-electron chi connectivity index (χ1n) is 8.15. The lowest BCUT2D eigenvalue weighted by molar-refractivity contribution is -0.138. The number of carbonyl (C=O) groups excluding carboxylic acids is 2. The molecular formula is C17H19FN4O3. The van der Waals surface area contributed by atoms with Crippen molar-refractivity contribution in [3.8, 4) is 11.4 Å². The maximum Gasteiger partial charge on any atom is 0.227 e. The summed E-state index contributed by atoms with van der Waals surface area (Å²) < 4.78 is 18.8. The first-order valence-corrected chi connectivity index (χ1v) is 8.15. The number of halogens is 1. The molecule has 0 unspecified atom stereocenters. The normalized spacial score (nSPS) is 14.6. The Hall–Kier alpha value is -2.77. The van der Waals surface area contributed by atoms with E-state index in [4.69, 9.17) is 4.52 Å². The van der Waals surface area contributed by atoms with Crippen molar-refractivity contribution in [1.82, 2.24) is 19.9 Å². The molecule has 0 N–H and O–H groups in total. The van der Waals surface area contributed by atoms with Crippen LogP contribution in [0.2, 0.25) is 0 Å². The van der Waals surface area contributed by atoms with Crippen molar-refractivity contribution in [2.45, 2.75) is 19.8 Å². The van der Waals surface area contributed by atoms with Crippen molar-refractivity contribution in [2.75, 3.05) is 26.2 Å². The third-order valence-corrected chi connectivity index (χ3v) is 4.21. The summed E-state index contributed by atoms with van der Waals surface area (Å²) in [6.07, 6.45) is 0.534. The van der Waals surface area contributed by atoms with Gasteiger partial charge in [-0.2, -0.15) is 4.98 Å². The first kappa shape index (κ1) is 17.1. The van der Waals surface area contributed by atoms with Gasteiger partial charge < -0.3 is 14.3 Å². The Morgan fingerprint density at radius 1 is 1.16 bits per heavy atom. The molecule has 0 aliphatic carbocycles. The molecule has 7 nitrogen and oxygen atoms in total. The summed E-state index contributed by atoms with van der Waals surface area (Å²) in [7, 11) is 0. The minimum absolute atomic E-state index is 0.0196. The van der Waals surface area contributed by atoms with E-state index in [9.17, 15) is 14.0 Å². The molecule has 0 saturated carbocycles. The molecule has 1 aliphatic rings. The van der Waals surface area contributed by atoms with Gasteiger partial charge in [0.2, 0.25) is 23.5 Å². The second-order valence-electron chi connectivity index (χ2n) is 5.88. The van der Waals surface area contributed by atoms with Gasteiger partial charge in [-0.05, 0) is 12.1 Å². The standard InChI is InChI=1S/C17H19FN4O3/c1-12(23)21-8-10-22(11-9-21)16(24)7-6-15-19-17(20-25-15)13-4-2-3-5-14(13)18/h2-5H,6-11H2,1H3. The number of hydrogen-bond donors (Lipinski definition) is 0. The van der Waals surface area contributed by atoms with E-state index in [1.165, 1.54) is 13.0 Å². The van der Waals surface area contributed by atoms with Gasteiger partial charge in [-0.15, -0.1) is 0 Å². The van der Waals surface area contributed by atoms with Gasteiger partial charge in [0.25, 0.3) is 0 Å². The summed E-state index contributed by atoms with van der Waals surface area (Å²) in [5.74, 6) is 0.0614. The van der Waals surface area contributed by atoms with E-state index in [1.807, 2.05) is 0 Å². The SMILES string of the molecule is CC(=O)N1CCN(C(=O)CCc2nc(-c3ccccc3F)no2)CC1. The number of hydrogen-bond acceptors (Lipinski definition) is 5. The summed E-state index contributed by atoms with van der Waals surface area (Å²) in [5, 5.41) is 3.77. The topological polar surface area (TPSA) is 79.5 Å². The maximum atomic E-state index is 13.7. The van der Waals surface area contributed by atoms with Crippen LogP contribution < -0.4 is 0 Å². The summed E-state index contributed by atoms with van der Waals surface area (Å²) >= 11 is 0. The highest BCUT2D eigenvalue weighted by Gasteiger charge is 2.22. The minimum atomic E-state index is -0.422. The molecule has 0 atom stereocenters. The number of amides is 2. The van der Waals surface area contributed by atoms with Gasteiger partial charge in [0, 0.05) is 45.9 Å². The highest BCUT2D eigenvalue weighted by atomic mass is 19.1. The number of aryl methyl sites for hydroxylation is 1. The van der Waals surface area contributed by atoms with Gasteiger partial charge in [-0.25, -0.2) is 4.39 Å². The van der Waals surface area contributed by atoms with Gasteiger partial charge in [0.05, 0.1) is 5.56 Å². The maximum absolute atomic E-state index is 13.7. The van der Waals surface area contributed by atoms with Crippen LogP contribution in [0.3, 0.4) is 0 Å². The Balaban J connectivity index is 1.53. The van der Waals surface area contributed by atoms with Crippen LogP contribution in [0.1, 0.15) is 19.2 Å². The molecule has 2 aromatic rings. The van der Waals surface area contributed by atoms with Crippen LogP contribution in [0, 0.1) is 5.82 Å². The molecule has 1 aromatic heterocycles. The lowest BCUT2D eigenvalue weighted by Gasteiger charge is -2.34. The number of piperazine rings is 1. The molecule has 3 rings (SSSR count). The number of rotatable bonds is 4. The Bertz CT molecular complexity index is 769. The molecule has 1 saturated heterocycles. The van der Waals surface area contributed by atoms with Crippen LogP contribution in [-0.4, -0.2) is 57.9 Å². The average Bonchev–Trinajstić information content (AvgIpc) is 3.09. The molecule has 1 fully saturated rings. The molecule has 1 aliphatic heterocycles. The Morgan fingerprint density at radius 2 is 1.84 bits per heavy atom. The third kappa shape index (κ3) is 4.01. The highest BCUT2D eigenvalue weighted by Crippen LogP contribution is 2.19. The van der Waals surface area contributed by atoms with Gasteiger partial charge in [-0.3, -0.25) is 9.59 Å². The van der Waals surface area contributed by atoms with E-state index >= 15 is 0 Å². The summed E-state index contributed by atoms with van der Waals surface area (Å²) in [6, 6.07) is 6.18. The predicted octanol–water partition coefficient (Wildman–Crippen LogP) is 1.50. The summed E-state index contributed by atoms with van der Waals surface area (Å²) in [6.45, 7) is 3.70. The molecule has 25 heavy (non-hydrogen) atoms. The fourth-order valence-corrected chi connectivity index (χ4v) is 2.75. The third-order valence-electron chi connectivity index (χ3n) is 4.21. The van der Waals surface area contributed by atoms with Gasteiger partial charge >= 0.3 is 0 Å². The molecule has 2 heterocycles. The van der Waals surface area contributed by atoms with Crippen LogP contribution in [0.25, 0.3) is 11.4 Å². The lowest BCUT2D eigenvalue weighted by Crippen LogP contribution is -2.50. The van der Waals surface area contributed by atoms with Gasteiger partial charge in [-0.1, -0.05) is 17.3 Å². The van der Waals surface area contributed by atoms with Gasteiger partial charge in [0.15, 0.2) is 0 Å². The number of nitrogens with zero attached hydrogens (tertiary/aromatic N) is 4. The van der Waals surface area contributed by atoms with Crippen LogP contribution in [0.5, 0.6) is 0 Å². The Labute approximate surface area is 144 Å². The largest absolute Gasteiger partial charge is 0.339 e. The van der Waals surface area contributed by atoms with Crippen molar-refractivity contribution in [2.24, 2.45) is 0 Å². The number of aromatic nitrogens is 2. The predicted molar refractivity (Wildman–Crippen MR) is 86.8 cm³/mol. The summed E-state index contributed by atoms with van der Waals surface area (Å²) in [4.78, 5) is 31.2. The van der Waals surface area contributed by atoms with Crippen molar-refractivity contribution in [3.63, 3.8) is 0 Å². The van der Waals surface area contributed by atoms with Crippen LogP contribution in [-0.2, 0) is 16.0 Å². The fourth-order valence-electron chi connectivity index (χ4n) is 2.75. The zero-order valence-corrected chi connectivity index (χ0v) is 13.9. The van der Waals surface area contributed by atoms with Crippen molar-refractivity contribution in [3.05, 3.63) is 36.0 Å². The van der Waals surface area contributed by atoms with Crippen molar-refractivity contribution < 1.29 is 18.5 Å². The highest BCUT2D eigenvalue weighted by molar-refractivity contribution is 5.77. The van der Waals surface area contributed by atoms with E-state index < -0.39 is 5.82 Å². The monoisotopic (exact) mass is 346 g/mol. The molecule has 0 radical (unpaired) electrons. The smallest absolute Gasteiger partial charge is 0.227 e. The molecule has 8 heteroatoms. The van der Waals surface area contributed by atoms with E-state index in [1.54, 1.807) is 28.0 Å². The Kier molecular flexibility index (Phi) is 5.06. The van der Waals surface area contributed by atoms with E-state index in [0.717, 1.165) is 0 Å². The number of carbonyl (C=O) groups is 2. The first-order chi connectivity index (χ1) is 12.0. The van der Waals surface area contributed by atoms with E-state index in [-0.39, 0.29) is 29.6 Å². The van der Waals surface area contributed by atoms with E-state index in [2.05, 4.69) is 10.1 Å². The molecule has 132 valence electrons. The zero-order chi connectivity index (χ0) is 17.8. The fraction of sp³-hybridized carbons (Fsp3) is 0.412. The lowest BCUT2D eigenvalue weighted by atomic mass is 10.2. The second-order valence-corrected chi connectivity index (χ2v) is 5.88. The zero-order valence-electron chi connectivity index (χ0n) is 13.9. The second kappa shape index (κ2) is 7.42. The van der Waals surface area contributed by atoms with Crippen LogP contribution >= 0.6 is 0 Å². The molecule has 2 amide bonds. The minimum Gasteiger partial charge on any atom is -0.339 e. The van der Waals surface area contributed by atoms with Crippen molar-refractivity contribution >= 4 is 11.8 Å². The van der Waals surface area contributed by atoms with Crippen LogP contribution in [0.4, 0.5) is 4.39 Å². The van der Waals surface area contributed by atoms with Crippen LogP contribution in [0.15, 0.2) is 28.8 Å². The Morgan fingerprint density at radius 3 is 2.52 bits per heavy atom. The molecule has 0 spiro atoms. The van der Waals surface area contributed by atoms with E-state index in [0.29, 0.717) is 38.5 Å². The molecule has 0 bridgehead atoms. The quantitative estimate of drug-likeness (QED) is 0.838. The molecular weight excluding hydrogens is 327 g/mol. The van der Waals surface area contributed by atoms with Crippen molar-refractivity contribution in [1.29, 1.82) is 0 Å².